The van der Waals surface area contributed by atoms with Crippen LogP contribution in [-0.2, 0) is 9.84 Å². The Morgan fingerprint density at radius 2 is 2.11 bits per heavy atom. The molecule has 0 radical (unpaired) electrons. The lowest BCUT2D eigenvalue weighted by Crippen LogP contribution is -2.26. The summed E-state index contributed by atoms with van der Waals surface area (Å²) in [6.45, 7) is 0.402. The fourth-order valence-corrected chi connectivity index (χ4v) is 2.21. The summed E-state index contributed by atoms with van der Waals surface area (Å²) in [7, 11) is -1.16. The van der Waals surface area contributed by atoms with Gasteiger partial charge in [0.1, 0.15) is 27.3 Å². The standard InChI is InChI=1S/C11H18N4O2S/c1-15(5-6-18(2,16)17)10-7-9(12)13-11(14-10)8-3-4-8/h7-8H,3-6H2,1-2H3,(H2,12,13,14). The Kier molecular flexibility index (Phi) is 3.43. The van der Waals surface area contributed by atoms with Gasteiger partial charge in [0, 0.05) is 31.8 Å². The first kappa shape index (κ1) is 13.1. The summed E-state index contributed by atoms with van der Waals surface area (Å²) < 4.78 is 22.3. The molecular formula is C11H18N4O2S. The van der Waals surface area contributed by atoms with Crippen LogP contribution in [0.15, 0.2) is 6.07 Å². The first-order chi connectivity index (χ1) is 8.35. The lowest BCUT2D eigenvalue weighted by molar-refractivity contribution is 0.601. The maximum atomic E-state index is 11.1. The van der Waals surface area contributed by atoms with Gasteiger partial charge in [-0.3, -0.25) is 0 Å². The number of anilines is 2. The van der Waals surface area contributed by atoms with Crippen molar-refractivity contribution in [2.24, 2.45) is 0 Å². The molecule has 1 aliphatic rings. The average Bonchev–Trinajstić information content (AvgIpc) is 3.07. The summed E-state index contributed by atoms with van der Waals surface area (Å²) in [5.74, 6) is 2.43. The van der Waals surface area contributed by atoms with E-state index in [4.69, 9.17) is 5.73 Å². The lowest BCUT2D eigenvalue weighted by Gasteiger charge is -2.18. The van der Waals surface area contributed by atoms with Crippen molar-refractivity contribution in [1.29, 1.82) is 0 Å². The minimum atomic E-state index is -2.97. The van der Waals surface area contributed by atoms with E-state index in [1.165, 1.54) is 6.26 Å². The van der Waals surface area contributed by atoms with Crippen LogP contribution in [0.25, 0.3) is 0 Å². The molecule has 1 aliphatic carbocycles. The van der Waals surface area contributed by atoms with Gasteiger partial charge in [-0.2, -0.15) is 0 Å². The van der Waals surface area contributed by atoms with Crippen LogP contribution >= 0.6 is 0 Å². The van der Waals surface area contributed by atoms with Crippen molar-refractivity contribution in [1.82, 2.24) is 9.97 Å². The van der Waals surface area contributed by atoms with Gasteiger partial charge in [0.05, 0.1) is 5.75 Å². The van der Waals surface area contributed by atoms with Crippen molar-refractivity contribution in [3.05, 3.63) is 11.9 Å². The summed E-state index contributed by atoms with van der Waals surface area (Å²) in [5.41, 5.74) is 5.75. The molecule has 0 amide bonds. The van der Waals surface area contributed by atoms with E-state index < -0.39 is 9.84 Å². The van der Waals surface area contributed by atoms with E-state index in [2.05, 4.69) is 9.97 Å². The third kappa shape index (κ3) is 3.56. The number of rotatable bonds is 5. The summed E-state index contributed by atoms with van der Waals surface area (Å²) in [6.07, 6.45) is 3.44. The molecule has 18 heavy (non-hydrogen) atoms. The van der Waals surface area contributed by atoms with Crippen molar-refractivity contribution in [3.8, 4) is 0 Å². The molecule has 1 aromatic heterocycles. The summed E-state index contributed by atoms with van der Waals surface area (Å²) in [5, 5.41) is 0. The van der Waals surface area contributed by atoms with Gasteiger partial charge in [-0.05, 0) is 12.8 Å². The zero-order valence-corrected chi connectivity index (χ0v) is 11.4. The van der Waals surface area contributed by atoms with Gasteiger partial charge >= 0.3 is 0 Å². The van der Waals surface area contributed by atoms with Crippen LogP contribution < -0.4 is 10.6 Å². The van der Waals surface area contributed by atoms with Crippen LogP contribution in [0.1, 0.15) is 24.6 Å². The molecule has 1 aromatic rings. The number of hydrogen-bond acceptors (Lipinski definition) is 6. The molecule has 0 aromatic carbocycles. The van der Waals surface area contributed by atoms with Gasteiger partial charge in [0.25, 0.3) is 0 Å². The molecule has 100 valence electrons. The Hall–Kier alpha value is -1.37. The SMILES string of the molecule is CN(CCS(C)(=O)=O)c1cc(N)nc(C2CC2)n1. The second-order valence-electron chi connectivity index (χ2n) is 4.83. The molecule has 2 N–H and O–H groups in total. The van der Waals surface area contributed by atoms with Gasteiger partial charge in [0.15, 0.2) is 0 Å². The van der Waals surface area contributed by atoms with Gasteiger partial charge in [0.2, 0.25) is 0 Å². The second-order valence-corrected chi connectivity index (χ2v) is 7.09. The maximum absolute atomic E-state index is 11.1. The first-order valence-electron chi connectivity index (χ1n) is 5.88. The smallest absolute Gasteiger partial charge is 0.149 e. The molecule has 0 atom stereocenters. The Labute approximate surface area is 107 Å². The lowest BCUT2D eigenvalue weighted by atomic mass is 10.3. The van der Waals surface area contributed by atoms with E-state index in [0.29, 0.717) is 24.1 Å². The van der Waals surface area contributed by atoms with Gasteiger partial charge in [-0.15, -0.1) is 0 Å². The molecule has 7 heteroatoms. The Morgan fingerprint density at radius 1 is 1.44 bits per heavy atom. The number of aromatic nitrogens is 2. The van der Waals surface area contributed by atoms with Gasteiger partial charge in [-0.1, -0.05) is 0 Å². The summed E-state index contributed by atoms with van der Waals surface area (Å²) in [6, 6.07) is 1.67. The van der Waals surface area contributed by atoms with Gasteiger partial charge < -0.3 is 10.6 Å². The van der Waals surface area contributed by atoms with Crippen LogP contribution in [0.5, 0.6) is 0 Å². The van der Waals surface area contributed by atoms with Crippen LogP contribution in [0.2, 0.25) is 0 Å². The van der Waals surface area contributed by atoms with E-state index in [-0.39, 0.29) is 5.75 Å². The second kappa shape index (κ2) is 4.72. The number of nitrogens with two attached hydrogens (primary N) is 1. The van der Waals surface area contributed by atoms with Crippen LogP contribution in [-0.4, -0.2) is 44.0 Å². The fraction of sp³-hybridized carbons (Fsp3) is 0.636. The van der Waals surface area contributed by atoms with Crippen LogP contribution in [0.3, 0.4) is 0 Å². The molecule has 1 heterocycles. The third-order valence-electron chi connectivity index (χ3n) is 2.88. The van der Waals surface area contributed by atoms with Crippen LogP contribution in [0, 0.1) is 0 Å². The van der Waals surface area contributed by atoms with E-state index in [1.807, 2.05) is 7.05 Å². The monoisotopic (exact) mass is 270 g/mol. The minimum Gasteiger partial charge on any atom is -0.384 e. The molecule has 0 aliphatic heterocycles. The van der Waals surface area contributed by atoms with Crippen molar-refractivity contribution in [3.63, 3.8) is 0 Å². The van der Waals surface area contributed by atoms with Crippen molar-refractivity contribution >= 4 is 21.5 Å². The zero-order chi connectivity index (χ0) is 13.3. The van der Waals surface area contributed by atoms with E-state index in [9.17, 15) is 8.42 Å². The molecule has 6 nitrogen and oxygen atoms in total. The molecule has 2 rings (SSSR count). The largest absolute Gasteiger partial charge is 0.384 e. The molecule has 0 saturated heterocycles. The van der Waals surface area contributed by atoms with Crippen molar-refractivity contribution in [2.45, 2.75) is 18.8 Å². The molecule has 0 spiro atoms. The minimum absolute atomic E-state index is 0.103. The Bertz CT molecular complexity index is 540. The van der Waals surface area contributed by atoms with E-state index in [1.54, 1.807) is 11.0 Å². The molecular weight excluding hydrogens is 252 g/mol. The number of nitrogens with zero attached hydrogens (tertiary/aromatic N) is 3. The number of sulfone groups is 1. The zero-order valence-electron chi connectivity index (χ0n) is 10.6. The highest BCUT2D eigenvalue weighted by Gasteiger charge is 2.27. The van der Waals surface area contributed by atoms with Crippen LogP contribution in [0.4, 0.5) is 11.6 Å². The predicted octanol–water partition coefficient (Wildman–Crippen LogP) is 0.417. The van der Waals surface area contributed by atoms with Crippen molar-refractivity contribution in [2.75, 3.05) is 36.2 Å². The normalized spacial score (nSPS) is 15.7. The maximum Gasteiger partial charge on any atom is 0.149 e. The Balaban J connectivity index is 2.11. The topological polar surface area (TPSA) is 89.2 Å². The summed E-state index contributed by atoms with van der Waals surface area (Å²) in [4.78, 5) is 10.4. The van der Waals surface area contributed by atoms with Crippen molar-refractivity contribution < 1.29 is 8.42 Å². The van der Waals surface area contributed by atoms with E-state index >= 15 is 0 Å². The van der Waals surface area contributed by atoms with Gasteiger partial charge in [-0.25, -0.2) is 18.4 Å². The highest BCUT2D eigenvalue weighted by molar-refractivity contribution is 7.90. The molecule has 0 unspecified atom stereocenters. The number of hydrogen-bond donors (Lipinski definition) is 1. The highest BCUT2D eigenvalue weighted by Crippen LogP contribution is 2.38. The molecule has 0 bridgehead atoms. The third-order valence-corrected chi connectivity index (χ3v) is 3.80. The Morgan fingerprint density at radius 3 is 2.67 bits per heavy atom. The summed E-state index contributed by atoms with van der Waals surface area (Å²) >= 11 is 0. The number of nitrogen functional groups attached to an aromatic ring is 1. The molecule has 1 fully saturated rings. The van der Waals surface area contributed by atoms with E-state index in [0.717, 1.165) is 18.7 Å². The molecule has 1 saturated carbocycles. The highest BCUT2D eigenvalue weighted by atomic mass is 32.2. The quantitative estimate of drug-likeness (QED) is 0.834. The first-order valence-corrected chi connectivity index (χ1v) is 7.94. The predicted molar refractivity (Wildman–Crippen MR) is 71.4 cm³/mol. The fourth-order valence-electron chi connectivity index (χ4n) is 1.61. The average molecular weight is 270 g/mol.